The van der Waals surface area contributed by atoms with Crippen LogP contribution >= 0.6 is 0 Å². The minimum atomic E-state index is -2.29. The Bertz CT molecular complexity index is 2100. The molecule has 13 heteroatoms. The first-order valence-electron chi connectivity index (χ1n) is 19.5. The summed E-state index contributed by atoms with van der Waals surface area (Å²) in [5.74, 6) is 1.93. The molecule has 294 valence electrons. The zero-order chi connectivity index (χ0) is 39.4. The molecule has 0 amide bonds. The Kier molecular flexibility index (Phi) is 12.7. The summed E-state index contributed by atoms with van der Waals surface area (Å²) in [6.07, 6.45) is 4.26. The van der Waals surface area contributed by atoms with Crippen molar-refractivity contribution < 1.29 is 27.4 Å². The minimum absolute atomic E-state index is 0.0495. The van der Waals surface area contributed by atoms with E-state index in [1.54, 1.807) is 6.07 Å². The molecule has 1 atom stereocenters. The van der Waals surface area contributed by atoms with E-state index in [4.69, 9.17) is 9.72 Å². The third-order valence-electron chi connectivity index (χ3n) is 11.4. The number of fused-ring (bicyclic) bond motifs is 2. The van der Waals surface area contributed by atoms with Gasteiger partial charge in [-0.2, -0.15) is 18.7 Å². The molecular weight excluding hydrogens is 725 g/mol. The molecule has 4 aromatic rings. The molecule has 3 N–H and O–H groups in total. The van der Waals surface area contributed by atoms with Crippen molar-refractivity contribution in [2.75, 3.05) is 37.8 Å². The van der Waals surface area contributed by atoms with Crippen LogP contribution in [-0.2, 0) is 0 Å². The lowest BCUT2D eigenvalue weighted by Gasteiger charge is -2.38. The number of benzene rings is 2. The van der Waals surface area contributed by atoms with E-state index in [2.05, 4.69) is 73.7 Å². The van der Waals surface area contributed by atoms with Crippen LogP contribution < -0.4 is 20.5 Å². The molecule has 1 unspecified atom stereocenters. The maximum atomic E-state index is 17.2. The van der Waals surface area contributed by atoms with Crippen molar-refractivity contribution in [3.63, 3.8) is 0 Å². The molecular formula is C42H52F4N6O2Si. The second-order valence-corrected chi connectivity index (χ2v) is 21.4. The van der Waals surface area contributed by atoms with Crippen molar-refractivity contribution in [2.45, 2.75) is 96.7 Å². The molecule has 55 heavy (non-hydrogen) atoms. The van der Waals surface area contributed by atoms with Crippen molar-refractivity contribution in [3.05, 3.63) is 59.3 Å². The van der Waals surface area contributed by atoms with Crippen LogP contribution in [-0.4, -0.2) is 60.9 Å². The number of nitrogens with one attached hydrogen (secondary N) is 2. The highest BCUT2D eigenvalue weighted by Gasteiger charge is 2.42. The fraction of sp³-hybridized carbons (Fsp3) is 0.500. The predicted octanol–water partition coefficient (Wildman–Crippen LogP) is 9.81. The Labute approximate surface area is 322 Å². The fourth-order valence-corrected chi connectivity index (χ4v) is 13.8. The number of ether oxygens (including phenoxy) is 1. The normalized spacial score (nSPS) is 17.4. The van der Waals surface area contributed by atoms with Crippen molar-refractivity contribution in [2.24, 2.45) is 5.92 Å². The lowest BCUT2D eigenvalue weighted by molar-refractivity contribution is 0.215. The third kappa shape index (κ3) is 8.47. The Morgan fingerprint density at radius 2 is 1.76 bits per heavy atom. The molecule has 8 nitrogen and oxygen atoms in total. The number of phenols is 1. The minimum Gasteiger partial charge on any atom is -0.508 e. The SMILES string of the molecule is CC(C)[Si](C#Cc1c(F)ccc2cc(O)cc(-c3ncc4c(N5CCCCCN5)nc(OCC5CCCNCC(=C(F)F)C5)nc4c3F)c12)(C(C)C)C(C)C. The predicted molar refractivity (Wildman–Crippen MR) is 214 cm³/mol. The van der Waals surface area contributed by atoms with E-state index in [9.17, 15) is 13.9 Å². The highest BCUT2D eigenvalue weighted by molar-refractivity contribution is 6.90. The van der Waals surface area contributed by atoms with E-state index >= 15 is 8.78 Å². The van der Waals surface area contributed by atoms with Crippen molar-refractivity contribution in [3.8, 4) is 34.5 Å². The Morgan fingerprint density at radius 3 is 2.49 bits per heavy atom. The Balaban J connectivity index is 1.51. The second-order valence-electron chi connectivity index (χ2n) is 15.9. The van der Waals surface area contributed by atoms with E-state index in [1.807, 2.05) is 5.01 Å². The Morgan fingerprint density at radius 1 is 1.00 bits per heavy atom. The van der Waals surface area contributed by atoms with Gasteiger partial charge in [0.15, 0.2) is 11.6 Å². The quantitative estimate of drug-likeness (QED) is 0.0926. The summed E-state index contributed by atoms with van der Waals surface area (Å²) < 4.78 is 66.7. The molecule has 0 aliphatic carbocycles. The number of nitrogens with zero attached hydrogens (tertiary/aromatic N) is 4. The summed E-state index contributed by atoms with van der Waals surface area (Å²) in [5, 5.41) is 17.0. The molecule has 6 rings (SSSR count). The number of rotatable bonds is 8. The summed E-state index contributed by atoms with van der Waals surface area (Å²) in [7, 11) is -2.29. The second kappa shape index (κ2) is 17.3. The van der Waals surface area contributed by atoms with Crippen LogP contribution in [0.25, 0.3) is 32.9 Å². The lowest BCUT2D eigenvalue weighted by atomic mass is 9.94. The zero-order valence-electron chi connectivity index (χ0n) is 32.6. The van der Waals surface area contributed by atoms with E-state index in [-0.39, 0.29) is 65.2 Å². The summed E-state index contributed by atoms with van der Waals surface area (Å²) in [6, 6.07) is 5.68. The van der Waals surface area contributed by atoms with Crippen molar-refractivity contribution in [1.82, 2.24) is 25.7 Å². The molecule has 0 saturated carbocycles. The number of hydrazine groups is 1. The standard InChI is InChI=1S/C42H52F4N6O2Si/c1-25(2)55(26(3)4,27(5)6)18-14-32-35(43)13-12-29-20-31(53)21-33(36(29)32)38-37(44)39-34(23-48-38)41(52-17-9-7-8-16-49-52)51-42(50-39)54-24-28-11-10-15-47-22-30(19-28)40(45)46/h12-13,20-21,23,25-28,47,49,53H,7-11,15-17,19,22,24H2,1-6H3. The fourth-order valence-electron chi connectivity index (χ4n) is 8.62. The van der Waals surface area contributed by atoms with Gasteiger partial charge in [0.2, 0.25) is 0 Å². The number of pyridine rings is 1. The molecule has 0 bridgehead atoms. The monoisotopic (exact) mass is 776 g/mol. The first-order chi connectivity index (χ1) is 26.3. The average molecular weight is 777 g/mol. The largest absolute Gasteiger partial charge is 0.508 e. The van der Waals surface area contributed by atoms with Gasteiger partial charge in [0.05, 0.1) is 17.6 Å². The zero-order valence-corrected chi connectivity index (χ0v) is 33.6. The molecule has 2 aromatic carbocycles. The number of aromatic nitrogens is 3. The van der Waals surface area contributed by atoms with Gasteiger partial charge in [0.1, 0.15) is 30.9 Å². The van der Waals surface area contributed by atoms with Crippen LogP contribution in [0.5, 0.6) is 11.8 Å². The third-order valence-corrected chi connectivity index (χ3v) is 17.7. The van der Waals surface area contributed by atoms with Gasteiger partial charge in [-0.3, -0.25) is 9.99 Å². The molecule has 2 aromatic heterocycles. The van der Waals surface area contributed by atoms with Gasteiger partial charge >= 0.3 is 6.01 Å². The Hall–Kier alpha value is -4.25. The maximum Gasteiger partial charge on any atom is 0.319 e. The topological polar surface area (TPSA) is 95.4 Å². The van der Waals surface area contributed by atoms with Gasteiger partial charge in [-0.15, -0.1) is 5.54 Å². The molecule has 4 heterocycles. The summed E-state index contributed by atoms with van der Waals surface area (Å²) in [6.45, 7) is 15.2. The maximum absolute atomic E-state index is 17.2. The highest BCUT2D eigenvalue weighted by atomic mass is 28.3. The molecule has 2 aliphatic heterocycles. The number of halogens is 4. The summed E-state index contributed by atoms with van der Waals surface area (Å²) in [4.78, 5) is 13.9. The van der Waals surface area contributed by atoms with Crippen LogP contribution in [0.2, 0.25) is 16.6 Å². The van der Waals surface area contributed by atoms with Gasteiger partial charge < -0.3 is 15.2 Å². The first kappa shape index (κ1) is 40.4. The van der Waals surface area contributed by atoms with Crippen LogP contribution in [0.4, 0.5) is 23.4 Å². The molecule has 2 aliphatic rings. The number of aromatic hydroxyl groups is 1. The smallest absolute Gasteiger partial charge is 0.319 e. The van der Waals surface area contributed by atoms with Gasteiger partial charge in [0, 0.05) is 42.4 Å². The van der Waals surface area contributed by atoms with Gasteiger partial charge in [-0.05, 0) is 84.8 Å². The summed E-state index contributed by atoms with van der Waals surface area (Å²) in [5.41, 5.74) is 8.03. The molecule has 2 saturated heterocycles. The van der Waals surface area contributed by atoms with E-state index < -0.39 is 25.8 Å². The van der Waals surface area contributed by atoms with Gasteiger partial charge in [-0.25, -0.2) is 14.2 Å². The number of phenolic OH excluding ortho intramolecular Hbond substituents is 1. The van der Waals surface area contributed by atoms with E-state index in [0.717, 1.165) is 25.7 Å². The highest BCUT2D eigenvalue weighted by Crippen LogP contribution is 2.42. The molecule has 2 fully saturated rings. The van der Waals surface area contributed by atoms with Crippen molar-refractivity contribution >= 4 is 35.6 Å². The van der Waals surface area contributed by atoms with E-state index in [0.29, 0.717) is 64.7 Å². The van der Waals surface area contributed by atoms with Crippen LogP contribution in [0.3, 0.4) is 0 Å². The van der Waals surface area contributed by atoms with Crippen LogP contribution in [0, 0.1) is 29.0 Å². The summed E-state index contributed by atoms with van der Waals surface area (Å²) >= 11 is 0. The van der Waals surface area contributed by atoms with E-state index in [1.165, 1.54) is 24.4 Å². The lowest BCUT2D eigenvalue weighted by Crippen LogP contribution is -2.43. The molecule has 0 spiro atoms. The average Bonchev–Trinajstić information content (AvgIpc) is 3.41. The van der Waals surface area contributed by atoms with Gasteiger partial charge in [-0.1, -0.05) is 60.0 Å². The number of hydrogen-bond acceptors (Lipinski definition) is 8. The van der Waals surface area contributed by atoms with Gasteiger partial charge in [0.25, 0.3) is 6.08 Å². The van der Waals surface area contributed by atoms with Crippen molar-refractivity contribution in [1.29, 1.82) is 0 Å². The first-order valence-corrected chi connectivity index (χ1v) is 21.8. The number of anilines is 1. The van der Waals surface area contributed by atoms with Crippen LogP contribution in [0.1, 0.15) is 85.6 Å². The number of hydrogen-bond donors (Lipinski definition) is 3. The molecule has 0 radical (unpaired) electrons. The van der Waals surface area contributed by atoms with Crippen LogP contribution in [0.15, 0.2) is 42.1 Å².